The molecule has 4 N–H and O–H groups in total. The molecule has 0 bridgehead atoms. The van der Waals surface area contributed by atoms with Crippen LogP contribution >= 0.6 is 0 Å². The van der Waals surface area contributed by atoms with Crippen LogP contribution in [0.5, 0.6) is 0 Å². The summed E-state index contributed by atoms with van der Waals surface area (Å²) in [5, 5.41) is 14.6. The summed E-state index contributed by atoms with van der Waals surface area (Å²) in [6.07, 6.45) is 2.86. The van der Waals surface area contributed by atoms with Gasteiger partial charge in [-0.1, -0.05) is 20.8 Å². The molecule has 1 aliphatic carbocycles. The number of nitrogens with zero attached hydrogens (tertiary/aromatic N) is 1. The van der Waals surface area contributed by atoms with Crippen molar-refractivity contribution in [3.05, 3.63) is 11.4 Å². The van der Waals surface area contributed by atoms with Gasteiger partial charge in [-0.05, 0) is 31.1 Å². The summed E-state index contributed by atoms with van der Waals surface area (Å²) in [6, 6.07) is 0.0695. The lowest BCUT2D eigenvalue weighted by Gasteiger charge is -2.12. The molecule has 1 aromatic heterocycles. The van der Waals surface area contributed by atoms with Crippen molar-refractivity contribution in [2.75, 3.05) is 0 Å². The molecule has 118 valence electrons. The lowest BCUT2D eigenvalue weighted by Crippen LogP contribution is -2.34. The lowest BCUT2D eigenvalue weighted by molar-refractivity contribution is 0.0929. The van der Waals surface area contributed by atoms with E-state index in [1.165, 1.54) is 0 Å². The molecular formula is C13H22N4O3S. The van der Waals surface area contributed by atoms with Gasteiger partial charge in [0.05, 0.1) is 5.69 Å². The van der Waals surface area contributed by atoms with Gasteiger partial charge in [0.25, 0.3) is 5.91 Å². The van der Waals surface area contributed by atoms with Gasteiger partial charge in [0, 0.05) is 6.04 Å². The molecule has 1 aliphatic rings. The highest BCUT2D eigenvalue weighted by atomic mass is 32.2. The van der Waals surface area contributed by atoms with E-state index in [4.69, 9.17) is 5.14 Å². The van der Waals surface area contributed by atoms with Gasteiger partial charge in [-0.2, -0.15) is 5.10 Å². The zero-order chi connectivity index (χ0) is 15.8. The standard InChI is InChI=1S/C13H22N4O3S/c1-7(2)10-12(21(14,19)20)11(17-16-10)13(18)15-9-5-4-8(3)6-9/h7-9H,4-6H2,1-3H3,(H,15,18)(H,16,17)(H2,14,19,20). The third kappa shape index (κ3) is 3.44. The Balaban J connectivity index is 2.29. The number of nitrogens with two attached hydrogens (primary N) is 1. The van der Waals surface area contributed by atoms with Crippen molar-refractivity contribution in [3.63, 3.8) is 0 Å². The Morgan fingerprint density at radius 3 is 2.57 bits per heavy atom. The second kappa shape index (κ2) is 5.76. The summed E-state index contributed by atoms with van der Waals surface area (Å²) >= 11 is 0. The van der Waals surface area contributed by atoms with Crippen LogP contribution in [-0.4, -0.2) is 30.6 Å². The van der Waals surface area contributed by atoms with E-state index in [-0.39, 0.29) is 22.5 Å². The molecule has 1 aromatic rings. The molecular weight excluding hydrogens is 292 g/mol. The number of carbonyl (C=O) groups is 1. The third-order valence-corrected chi connectivity index (χ3v) is 4.84. The van der Waals surface area contributed by atoms with Crippen molar-refractivity contribution in [1.82, 2.24) is 15.5 Å². The number of hydrogen-bond donors (Lipinski definition) is 3. The Labute approximate surface area is 124 Å². The Bertz CT molecular complexity index is 636. The third-order valence-electron chi connectivity index (χ3n) is 3.85. The van der Waals surface area contributed by atoms with Gasteiger partial charge in [-0.25, -0.2) is 13.6 Å². The number of carbonyl (C=O) groups excluding carboxylic acids is 1. The maximum atomic E-state index is 12.3. The molecule has 7 nitrogen and oxygen atoms in total. The van der Waals surface area contributed by atoms with Crippen molar-refractivity contribution in [2.45, 2.75) is 56.9 Å². The van der Waals surface area contributed by atoms with Crippen LogP contribution in [0.3, 0.4) is 0 Å². The monoisotopic (exact) mass is 314 g/mol. The molecule has 2 atom stereocenters. The summed E-state index contributed by atoms with van der Waals surface area (Å²) in [5.41, 5.74) is 0.225. The van der Waals surface area contributed by atoms with Crippen molar-refractivity contribution >= 4 is 15.9 Å². The van der Waals surface area contributed by atoms with E-state index in [0.29, 0.717) is 11.6 Å². The molecule has 0 radical (unpaired) electrons. The first kappa shape index (κ1) is 16.0. The highest BCUT2D eigenvalue weighted by Gasteiger charge is 2.31. The molecule has 8 heteroatoms. The number of aromatic amines is 1. The largest absolute Gasteiger partial charge is 0.348 e. The van der Waals surface area contributed by atoms with Gasteiger partial charge >= 0.3 is 0 Å². The molecule has 0 aliphatic heterocycles. The van der Waals surface area contributed by atoms with Gasteiger partial charge in [-0.3, -0.25) is 9.89 Å². The van der Waals surface area contributed by atoms with Crippen LogP contribution in [0.2, 0.25) is 0 Å². The Morgan fingerprint density at radius 2 is 2.10 bits per heavy atom. The first-order valence-corrected chi connectivity index (χ1v) is 8.66. The molecule has 0 spiro atoms. The van der Waals surface area contributed by atoms with Gasteiger partial charge in [-0.15, -0.1) is 0 Å². The fourth-order valence-corrected chi connectivity index (χ4v) is 3.77. The molecule has 1 heterocycles. The quantitative estimate of drug-likeness (QED) is 0.771. The van der Waals surface area contributed by atoms with Gasteiger partial charge < -0.3 is 5.32 Å². The molecule has 1 saturated carbocycles. The van der Waals surface area contributed by atoms with E-state index < -0.39 is 15.9 Å². The van der Waals surface area contributed by atoms with E-state index in [1.54, 1.807) is 0 Å². The normalized spacial score (nSPS) is 22.7. The molecule has 1 fully saturated rings. The molecule has 1 amide bonds. The average molecular weight is 314 g/mol. The number of H-pyrrole nitrogens is 1. The lowest BCUT2D eigenvalue weighted by atomic mass is 10.1. The minimum Gasteiger partial charge on any atom is -0.348 e. The number of primary sulfonamides is 1. The zero-order valence-electron chi connectivity index (χ0n) is 12.5. The van der Waals surface area contributed by atoms with Gasteiger partial charge in [0.1, 0.15) is 4.90 Å². The van der Waals surface area contributed by atoms with Crippen LogP contribution in [0, 0.1) is 5.92 Å². The predicted molar refractivity (Wildman–Crippen MR) is 78.3 cm³/mol. The second-order valence-corrected chi connectivity index (χ2v) is 7.60. The predicted octanol–water partition coefficient (Wildman–Crippen LogP) is 1.10. The van der Waals surface area contributed by atoms with E-state index in [1.807, 2.05) is 13.8 Å². The molecule has 2 rings (SSSR count). The first-order chi connectivity index (χ1) is 9.70. The fraction of sp³-hybridized carbons (Fsp3) is 0.692. The minimum atomic E-state index is -4.01. The van der Waals surface area contributed by atoms with Crippen LogP contribution in [0.25, 0.3) is 0 Å². The summed E-state index contributed by atoms with van der Waals surface area (Å²) in [6.45, 7) is 5.75. The van der Waals surface area contributed by atoms with Crippen LogP contribution in [0.1, 0.15) is 62.1 Å². The van der Waals surface area contributed by atoms with E-state index >= 15 is 0 Å². The highest BCUT2D eigenvalue weighted by Crippen LogP contribution is 2.26. The first-order valence-electron chi connectivity index (χ1n) is 7.12. The Kier molecular flexibility index (Phi) is 4.38. The molecule has 0 aromatic carbocycles. The SMILES string of the molecule is CC1CCC(NC(=O)c2n[nH]c(C(C)C)c2S(N)(=O)=O)C1. The topological polar surface area (TPSA) is 118 Å². The smallest absolute Gasteiger partial charge is 0.273 e. The van der Waals surface area contributed by atoms with Crippen molar-refractivity contribution in [2.24, 2.45) is 11.1 Å². The number of rotatable bonds is 4. The Morgan fingerprint density at radius 1 is 1.43 bits per heavy atom. The van der Waals surface area contributed by atoms with E-state index in [9.17, 15) is 13.2 Å². The molecule has 21 heavy (non-hydrogen) atoms. The number of aromatic nitrogens is 2. The maximum Gasteiger partial charge on any atom is 0.273 e. The van der Waals surface area contributed by atoms with E-state index in [0.717, 1.165) is 19.3 Å². The molecule has 0 saturated heterocycles. The summed E-state index contributed by atoms with van der Waals surface area (Å²) in [4.78, 5) is 12.1. The van der Waals surface area contributed by atoms with Crippen molar-refractivity contribution < 1.29 is 13.2 Å². The van der Waals surface area contributed by atoms with E-state index in [2.05, 4.69) is 22.4 Å². The zero-order valence-corrected chi connectivity index (χ0v) is 13.3. The summed E-state index contributed by atoms with van der Waals surface area (Å²) in [7, 11) is -4.01. The number of amides is 1. The summed E-state index contributed by atoms with van der Waals surface area (Å²) < 4.78 is 23.5. The Hall–Kier alpha value is -1.41. The van der Waals surface area contributed by atoms with Crippen molar-refractivity contribution in [3.8, 4) is 0 Å². The van der Waals surface area contributed by atoms with Crippen LogP contribution in [0.15, 0.2) is 4.90 Å². The number of sulfonamides is 1. The average Bonchev–Trinajstić information content (AvgIpc) is 2.94. The van der Waals surface area contributed by atoms with Gasteiger partial charge in [0.2, 0.25) is 10.0 Å². The van der Waals surface area contributed by atoms with Crippen LogP contribution in [-0.2, 0) is 10.0 Å². The summed E-state index contributed by atoms with van der Waals surface area (Å²) in [5.74, 6) is -0.0430. The number of nitrogens with one attached hydrogen (secondary N) is 2. The van der Waals surface area contributed by atoms with Crippen LogP contribution < -0.4 is 10.5 Å². The minimum absolute atomic E-state index is 0.0695. The fourth-order valence-electron chi connectivity index (χ4n) is 2.77. The second-order valence-electron chi connectivity index (χ2n) is 6.10. The maximum absolute atomic E-state index is 12.3. The highest BCUT2D eigenvalue weighted by molar-refractivity contribution is 7.89. The van der Waals surface area contributed by atoms with Crippen LogP contribution in [0.4, 0.5) is 0 Å². The van der Waals surface area contributed by atoms with Gasteiger partial charge in [0.15, 0.2) is 5.69 Å². The number of hydrogen-bond acceptors (Lipinski definition) is 4. The molecule has 2 unspecified atom stereocenters. The van der Waals surface area contributed by atoms with Crippen molar-refractivity contribution in [1.29, 1.82) is 0 Å².